The summed E-state index contributed by atoms with van der Waals surface area (Å²) in [6.45, 7) is 5.24. The summed E-state index contributed by atoms with van der Waals surface area (Å²) in [7, 11) is 0. The molecule has 0 aromatic rings. The van der Waals surface area contributed by atoms with E-state index in [0.717, 1.165) is 12.6 Å². The Morgan fingerprint density at radius 3 is 2.33 bits per heavy atom. The van der Waals surface area contributed by atoms with Gasteiger partial charge in [-0.1, -0.05) is 26.7 Å². The first kappa shape index (κ1) is 10.0. The molecule has 1 atom stereocenters. The summed E-state index contributed by atoms with van der Waals surface area (Å²) >= 11 is 0. The second-order valence-electron chi connectivity index (χ2n) is 4.23. The van der Waals surface area contributed by atoms with E-state index < -0.39 is 0 Å². The fraction of sp³-hybridized carbons (Fsp3) is 1.00. The standard InChI is InChI=1S/C10H22N2/c1-8(2)10(7-11)12-9-5-3-4-6-9/h8-10,12H,3-7,11H2,1-2H3. The molecule has 3 N–H and O–H groups in total. The number of hydrogen-bond donors (Lipinski definition) is 2. The summed E-state index contributed by atoms with van der Waals surface area (Å²) in [6, 6.07) is 1.27. The number of nitrogens with two attached hydrogens (primary N) is 1. The molecule has 0 aromatic heterocycles. The van der Waals surface area contributed by atoms with Crippen molar-refractivity contribution in [2.24, 2.45) is 11.7 Å². The van der Waals surface area contributed by atoms with E-state index in [2.05, 4.69) is 19.2 Å². The topological polar surface area (TPSA) is 38.0 Å². The average molecular weight is 170 g/mol. The normalized spacial score (nSPS) is 22.0. The Bertz CT molecular complexity index is 117. The Hall–Kier alpha value is -0.0800. The van der Waals surface area contributed by atoms with E-state index in [-0.39, 0.29) is 0 Å². The van der Waals surface area contributed by atoms with Crippen LogP contribution in [0, 0.1) is 5.92 Å². The lowest BCUT2D eigenvalue weighted by Gasteiger charge is -2.24. The van der Waals surface area contributed by atoms with Gasteiger partial charge in [-0.2, -0.15) is 0 Å². The Kier molecular flexibility index (Phi) is 4.02. The van der Waals surface area contributed by atoms with Crippen LogP contribution in [0.3, 0.4) is 0 Å². The zero-order chi connectivity index (χ0) is 8.97. The molecule has 72 valence electrons. The quantitative estimate of drug-likeness (QED) is 0.671. The van der Waals surface area contributed by atoms with E-state index in [1.165, 1.54) is 25.7 Å². The summed E-state index contributed by atoms with van der Waals surface area (Å²) in [5.74, 6) is 0.663. The van der Waals surface area contributed by atoms with Crippen LogP contribution in [-0.2, 0) is 0 Å². The van der Waals surface area contributed by atoms with Gasteiger partial charge in [0.1, 0.15) is 0 Å². The predicted octanol–water partition coefficient (Wildman–Crippen LogP) is 1.50. The van der Waals surface area contributed by atoms with Gasteiger partial charge in [-0.15, -0.1) is 0 Å². The van der Waals surface area contributed by atoms with Gasteiger partial charge in [0.15, 0.2) is 0 Å². The molecule has 1 aliphatic rings. The third-order valence-electron chi connectivity index (χ3n) is 2.86. The minimum absolute atomic E-state index is 0.521. The second kappa shape index (κ2) is 4.83. The second-order valence-corrected chi connectivity index (χ2v) is 4.23. The minimum atomic E-state index is 0.521. The zero-order valence-electron chi connectivity index (χ0n) is 8.34. The Morgan fingerprint density at radius 1 is 1.33 bits per heavy atom. The fourth-order valence-corrected chi connectivity index (χ4v) is 1.93. The summed E-state index contributed by atoms with van der Waals surface area (Å²) in [4.78, 5) is 0. The molecule has 2 heteroatoms. The van der Waals surface area contributed by atoms with Gasteiger partial charge in [0.2, 0.25) is 0 Å². The highest BCUT2D eigenvalue weighted by Gasteiger charge is 2.19. The fourth-order valence-electron chi connectivity index (χ4n) is 1.93. The molecule has 0 aliphatic heterocycles. The zero-order valence-corrected chi connectivity index (χ0v) is 8.34. The SMILES string of the molecule is CC(C)C(CN)NC1CCCC1. The van der Waals surface area contributed by atoms with Crippen molar-refractivity contribution < 1.29 is 0 Å². The van der Waals surface area contributed by atoms with Crippen molar-refractivity contribution in [3.05, 3.63) is 0 Å². The molecule has 1 aliphatic carbocycles. The highest BCUT2D eigenvalue weighted by atomic mass is 15.0. The molecule has 0 aromatic carbocycles. The molecule has 1 fully saturated rings. The van der Waals surface area contributed by atoms with E-state index in [9.17, 15) is 0 Å². The highest BCUT2D eigenvalue weighted by molar-refractivity contribution is 4.80. The van der Waals surface area contributed by atoms with Crippen LogP contribution in [-0.4, -0.2) is 18.6 Å². The molecule has 0 amide bonds. The van der Waals surface area contributed by atoms with Gasteiger partial charge >= 0.3 is 0 Å². The van der Waals surface area contributed by atoms with Crippen molar-refractivity contribution in [2.45, 2.75) is 51.6 Å². The van der Waals surface area contributed by atoms with E-state index in [1.54, 1.807) is 0 Å². The Morgan fingerprint density at radius 2 is 1.92 bits per heavy atom. The van der Waals surface area contributed by atoms with Gasteiger partial charge in [0.05, 0.1) is 0 Å². The van der Waals surface area contributed by atoms with E-state index in [1.807, 2.05) is 0 Å². The molecule has 0 bridgehead atoms. The first-order valence-corrected chi connectivity index (χ1v) is 5.20. The maximum Gasteiger partial charge on any atom is 0.0215 e. The summed E-state index contributed by atoms with van der Waals surface area (Å²) in [5.41, 5.74) is 5.69. The average Bonchev–Trinajstić information content (AvgIpc) is 2.51. The first-order chi connectivity index (χ1) is 5.74. The van der Waals surface area contributed by atoms with Crippen molar-refractivity contribution in [1.82, 2.24) is 5.32 Å². The molecule has 0 spiro atoms. The van der Waals surface area contributed by atoms with Crippen LogP contribution in [0.15, 0.2) is 0 Å². The predicted molar refractivity (Wildman–Crippen MR) is 53.1 cm³/mol. The molecule has 1 unspecified atom stereocenters. The molecule has 0 saturated heterocycles. The van der Waals surface area contributed by atoms with Crippen LogP contribution < -0.4 is 11.1 Å². The Balaban J connectivity index is 2.26. The minimum Gasteiger partial charge on any atom is -0.329 e. The van der Waals surface area contributed by atoms with Crippen molar-refractivity contribution in [3.8, 4) is 0 Å². The van der Waals surface area contributed by atoms with Crippen molar-refractivity contribution in [3.63, 3.8) is 0 Å². The summed E-state index contributed by atoms with van der Waals surface area (Å²) in [6.07, 6.45) is 5.49. The van der Waals surface area contributed by atoms with Crippen LogP contribution in [0.2, 0.25) is 0 Å². The molecule has 1 saturated carbocycles. The van der Waals surface area contributed by atoms with Gasteiger partial charge in [-0.25, -0.2) is 0 Å². The monoisotopic (exact) mass is 170 g/mol. The molecule has 2 nitrogen and oxygen atoms in total. The molecule has 12 heavy (non-hydrogen) atoms. The third kappa shape index (κ3) is 2.76. The van der Waals surface area contributed by atoms with Crippen LogP contribution >= 0.6 is 0 Å². The Labute approximate surface area is 75.9 Å². The maximum atomic E-state index is 5.69. The summed E-state index contributed by atoms with van der Waals surface area (Å²) in [5, 5.41) is 3.64. The highest BCUT2D eigenvalue weighted by Crippen LogP contribution is 2.18. The van der Waals surface area contributed by atoms with E-state index >= 15 is 0 Å². The van der Waals surface area contributed by atoms with E-state index in [4.69, 9.17) is 5.73 Å². The van der Waals surface area contributed by atoms with E-state index in [0.29, 0.717) is 12.0 Å². The van der Waals surface area contributed by atoms with Crippen molar-refractivity contribution in [2.75, 3.05) is 6.54 Å². The number of nitrogens with one attached hydrogen (secondary N) is 1. The van der Waals surface area contributed by atoms with Gasteiger partial charge in [-0.3, -0.25) is 0 Å². The largest absolute Gasteiger partial charge is 0.329 e. The smallest absolute Gasteiger partial charge is 0.0215 e. The van der Waals surface area contributed by atoms with Crippen LogP contribution in [0.1, 0.15) is 39.5 Å². The lowest BCUT2D eigenvalue weighted by molar-refractivity contribution is 0.358. The van der Waals surface area contributed by atoms with Crippen molar-refractivity contribution >= 4 is 0 Å². The van der Waals surface area contributed by atoms with Crippen molar-refractivity contribution in [1.29, 1.82) is 0 Å². The molecule has 1 rings (SSSR count). The summed E-state index contributed by atoms with van der Waals surface area (Å²) < 4.78 is 0. The lowest BCUT2D eigenvalue weighted by atomic mass is 10.0. The maximum absolute atomic E-state index is 5.69. The molecular weight excluding hydrogens is 148 g/mol. The van der Waals surface area contributed by atoms with Gasteiger partial charge in [-0.05, 0) is 18.8 Å². The molecule has 0 radical (unpaired) electrons. The van der Waals surface area contributed by atoms with Crippen LogP contribution in [0.25, 0.3) is 0 Å². The molecule has 0 heterocycles. The van der Waals surface area contributed by atoms with Gasteiger partial charge in [0, 0.05) is 18.6 Å². The molecular formula is C10H22N2. The van der Waals surface area contributed by atoms with Gasteiger partial charge < -0.3 is 11.1 Å². The number of hydrogen-bond acceptors (Lipinski definition) is 2. The first-order valence-electron chi connectivity index (χ1n) is 5.20. The van der Waals surface area contributed by atoms with Gasteiger partial charge in [0.25, 0.3) is 0 Å². The van der Waals surface area contributed by atoms with Crippen LogP contribution in [0.4, 0.5) is 0 Å². The third-order valence-corrected chi connectivity index (χ3v) is 2.86. The number of rotatable bonds is 4. The lowest BCUT2D eigenvalue weighted by Crippen LogP contribution is -2.44. The van der Waals surface area contributed by atoms with Crippen LogP contribution in [0.5, 0.6) is 0 Å².